The van der Waals surface area contributed by atoms with Crippen LogP contribution in [0.5, 0.6) is 0 Å². The molecule has 33 heavy (non-hydrogen) atoms. The van der Waals surface area contributed by atoms with Crippen LogP contribution in [0.1, 0.15) is 41.6 Å². The Bertz CT molecular complexity index is 955. The lowest BCUT2D eigenvalue weighted by Gasteiger charge is -2.40. The predicted molar refractivity (Wildman–Crippen MR) is 133 cm³/mol. The van der Waals surface area contributed by atoms with Crippen LogP contribution in [0.2, 0.25) is 10.0 Å². The van der Waals surface area contributed by atoms with Crippen LogP contribution in [-0.2, 0) is 11.2 Å². The van der Waals surface area contributed by atoms with E-state index in [2.05, 4.69) is 22.3 Å². The van der Waals surface area contributed by atoms with Gasteiger partial charge in [-0.2, -0.15) is 0 Å². The van der Waals surface area contributed by atoms with E-state index in [4.69, 9.17) is 23.2 Å². The summed E-state index contributed by atoms with van der Waals surface area (Å²) in [4.78, 5) is 30.3. The van der Waals surface area contributed by atoms with Gasteiger partial charge in [-0.15, -0.1) is 0 Å². The number of nitrogens with one attached hydrogen (secondary N) is 1. The summed E-state index contributed by atoms with van der Waals surface area (Å²) in [6.45, 7) is 3.17. The van der Waals surface area contributed by atoms with Gasteiger partial charge in [-0.3, -0.25) is 14.5 Å². The standard InChI is InChI=1S/C26H31Cl2N3O2/c27-21-10-11-22(23(28)18-21)26(33)31-16-14-30(15-17-31)24(20-8-4-5-9-20)25(32)29-13-12-19-6-2-1-3-7-19/h1-3,6-7,10-11,18,20,24H,4-5,8-9,12-17H2,(H,29,32)/t24-/m1/s1. The molecule has 4 rings (SSSR count). The smallest absolute Gasteiger partial charge is 0.255 e. The normalized spacial score (nSPS) is 18.3. The largest absolute Gasteiger partial charge is 0.354 e. The number of amides is 2. The van der Waals surface area contributed by atoms with Crippen molar-refractivity contribution in [3.8, 4) is 0 Å². The molecular weight excluding hydrogens is 457 g/mol. The molecule has 1 atom stereocenters. The molecule has 1 heterocycles. The zero-order valence-electron chi connectivity index (χ0n) is 18.8. The first kappa shape index (κ1) is 24.1. The Morgan fingerprint density at radius 3 is 2.33 bits per heavy atom. The average Bonchev–Trinajstić information content (AvgIpc) is 3.34. The molecule has 0 unspecified atom stereocenters. The summed E-state index contributed by atoms with van der Waals surface area (Å²) in [5, 5.41) is 4.07. The van der Waals surface area contributed by atoms with E-state index in [1.165, 1.54) is 18.4 Å². The third kappa shape index (κ3) is 6.08. The molecule has 1 saturated carbocycles. The fourth-order valence-corrected chi connectivity index (χ4v) is 5.56. The van der Waals surface area contributed by atoms with Crippen molar-refractivity contribution in [2.45, 2.75) is 38.1 Å². The summed E-state index contributed by atoms with van der Waals surface area (Å²) < 4.78 is 0. The van der Waals surface area contributed by atoms with Crippen LogP contribution >= 0.6 is 23.2 Å². The number of halogens is 2. The fourth-order valence-electron chi connectivity index (χ4n) is 5.07. The van der Waals surface area contributed by atoms with Gasteiger partial charge in [-0.1, -0.05) is 66.4 Å². The van der Waals surface area contributed by atoms with Gasteiger partial charge in [0.1, 0.15) is 0 Å². The molecule has 0 aromatic heterocycles. The van der Waals surface area contributed by atoms with Crippen molar-refractivity contribution in [3.05, 3.63) is 69.7 Å². The zero-order valence-corrected chi connectivity index (χ0v) is 20.3. The molecule has 1 aliphatic carbocycles. The van der Waals surface area contributed by atoms with E-state index in [0.29, 0.717) is 54.3 Å². The molecule has 2 aromatic carbocycles. The Labute approximate surface area is 206 Å². The Morgan fingerprint density at radius 1 is 0.970 bits per heavy atom. The molecule has 0 bridgehead atoms. The molecule has 2 fully saturated rings. The number of carbonyl (C=O) groups excluding carboxylic acids is 2. The Balaban J connectivity index is 1.36. The molecule has 5 nitrogen and oxygen atoms in total. The summed E-state index contributed by atoms with van der Waals surface area (Å²) in [5.74, 6) is 0.425. The van der Waals surface area contributed by atoms with Gasteiger partial charge < -0.3 is 10.2 Å². The number of hydrogen-bond acceptors (Lipinski definition) is 3. The second-order valence-electron chi connectivity index (χ2n) is 8.97. The van der Waals surface area contributed by atoms with E-state index in [-0.39, 0.29) is 17.9 Å². The van der Waals surface area contributed by atoms with Gasteiger partial charge >= 0.3 is 0 Å². The van der Waals surface area contributed by atoms with Gasteiger partial charge in [0.05, 0.1) is 16.6 Å². The maximum absolute atomic E-state index is 13.3. The summed E-state index contributed by atoms with van der Waals surface area (Å²) in [7, 11) is 0. The number of benzene rings is 2. The van der Waals surface area contributed by atoms with Gasteiger partial charge in [0.15, 0.2) is 0 Å². The monoisotopic (exact) mass is 487 g/mol. The minimum atomic E-state index is -0.125. The van der Waals surface area contributed by atoms with E-state index in [1.54, 1.807) is 18.2 Å². The first-order valence-electron chi connectivity index (χ1n) is 11.8. The predicted octanol–water partition coefficient (Wildman–Crippen LogP) is 4.67. The lowest BCUT2D eigenvalue weighted by Crippen LogP contribution is -2.58. The first-order valence-corrected chi connectivity index (χ1v) is 12.6. The van der Waals surface area contributed by atoms with Crippen LogP contribution in [0.4, 0.5) is 0 Å². The van der Waals surface area contributed by atoms with E-state index in [9.17, 15) is 9.59 Å². The van der Waals surface area contributed by atoms with Crippen LogP contribution in [0, 0.1) is 5.92 Å². The highest BCUT2D eigenvalue weighted by Crippen LogP contribution is 2.31. The molecule has 0 spiro atoms. The van der Waals surface area contributed by atoms with Gasteiger partial charge in [0, 0.05) is 37.7 Å². The number of carbonyl (C=O) groups is 2. The molecular formula is C26H31Cl2N3O2. The van der Waals surface area contributed by atoms with Crippen molar-refractivity contribution in [1.82, 2.24) is 15.1 Å². The van der Waals surface area contributed by atoms with Gasteiger partial charge in [0.2, 0.25) is 5.91 Å². The first-order chi connectivity index (χ1) is 16.0. The fraction of sp³-hybridized carbons (Fsp3) is 0.462. The number of rotatable bonds is 7. The summed E-state index contributed by atoms with van der Waals surface area (Å²) in [5.41, 5.74) is 1.70. The second kappa shape index (κ2) is 11.4. The molecule has 176 valence electrons. The van der Waals surface area contributed by atoms with E-state index < -0.39 is 0 Å². The minimum absolute atomic E-state index is 0.0824. The highest BCUT2D eigenvalue weighted by atomic mass is 35.5. The van der Waals surface area contributed by atoms with Crippen molar-refractivity contribution in [3.63, 3.8) is 0 Å². The SMILES string of the molecule is O=C(NCCc1ccccc1)[C@@H](C1CCCC1)N1CCN(C(=O)c2ccc(Cl)cc2Cl)CC1. The Hall–Kier alpha value is -2.08. The number of hydrogen-bond donors (Lipinski definition) is 1. The second-order valence-corrected chi connectivity index (χ2v) is 9.81. The van der Waals surface area contributed by atoms with Gasteiger partial charge in [0.25, 0.3) is 5.91 Å². The Kier molecular flexibility index (Phi) is 8.29. The molecule has 1 N–H and O–H groups in total. The molecule has 2 amide bonds. The van der Waals surface area contributed by atoms with Crippen LogP contribution in [0.3, 0.4) is 0 Å². The van der Waals surface area contributed by atoms with Crippen molar-refractivity contribution in [1.29, 1.82) is 0 Å². The lowest BCUT2D eigenvalue weighted by atomic mass is 9.94. The third-order valence-electron chi connectivity index (χ3n) is 6.83. The zero-order chi connectivity index (χ0) is 23.2. The molecule has 2 aliphatic rings. The molecule has 1 aliphatic heterocycles. The van der Waals surface area contributed by atoms with Crippen molar-refractivity contribution >= 4 is 35.0 Å². The van der Waals surface area contributed by atoms with E-state index in [0.717, 1.165) is 19.3 Å². The summed E-state index contributed by atoms with van der Waals surface area (Å²) in [6.07, 6.45) is 5.39. The maximum atomic E-state index is 13.3. The molecule has 1 saturated heterocycles. The lowest BCUT2D eigenvalue weighted by molar-refractivity contribution is -0.129. The van der Waals surface area contributed by atoms with E-state index >= 15 is 0 Å². The van der Waals surface area contributed by atoms with Crippen LogP contribution in [0.15, 0.2) is 48.5 Å². The molecule has 7 heteroatoms. The molecule has 2 aromatic rings. The topological polar surface area (TPSA) is 52.7 Å². The molecule has 0 radical (unpaired) electrons. The van der Waals surface area contributed by atoms with Crippen LogP contribution < -0.4 is 5.32 Å². The van der Waals surface area contributed by atoms with Crippen molar-refractivity contribution in [2.75, 3.05) is 32.7 Å². The number of nitrogens with zero attached hydrogens (tertiary/aromatic N) is 2. The Morgan fingerprint density at radius 2 is 1.67 bits per heavy atom. The highest BCUT2D eigenvalue weighted by molar-refractivity contribution is 6.36. The summed E-state index contributed by atoms with van der Waals surface area (Å²) >= 11 is 12.2. The van der Waals surface area contributed by atoms with Crippen molar-refractivity contribution < 1.29 is 9.59 Å². The maximum Gasteiger partial charge on any atom is 0.255 e. The van der Waals surface area contributed by atoms with Gasteiger partial charge in [-0.05, 0) is 48.9 Å². The van der Waals surface area contributed by atoms with Crippen LogP contribution in [-0.4, -0.2) is 60.4 Å². The number of piperazine rings is 1. The third-order valence-corrected chi connectivity index (χ3v) is 7.37. The van der Waals surface area contributed by atoms with E-state index in [1.807, 2.05) is 23.1 Å². The van der Waals surface area contributed by atoms with Crippen molar-refractivity contribution in [2.24, 2.45) is 5.92 Å². The van der Waals surface area contributed by atoms with Crippen LogP contribution in [0.25, 0.3) is 0 Å². The summed E-state index contributed by atoms with van der Waals surface area (Å²) in [6, 6.07) is 15.1. The van der Waals surface area contributed by atoms with Gasteiger partial charge in [-0.25, -0.2) is 0 Å². The average molecular weight is 488 g/mol. The highest BCUT2D eigenvalue weighted by Gasteiger charge is 2.37. The minimum Gasteiger partial charge on any atom is -0.354 e. The quantitative estimate of drug-likeness (QED) is 0.617.